The minimum absolute atomic E-state index is 0.221. The molecule has 2 aromatic rings. The van der Waals surface area contributed by atoms with Gasteiger partial charge in [0.15, 0.2) is 0 Å². The lowest BCUT2D eigenvalue weighted by Gasteiger charge is -2.04. The van der Waals surface area contributed by atoms with Crippen molar-refractivity contribution < 1.29 is 9.90 Å². The van der Waals surface area contributed by atoms with Gasteiger partial charge in [-0.2, -0.15) is 0 Å². The number of hydrogen-bond donors (Lipinski definition) is 1. The number of aromatic carboxylic acids is 1. The third-order valence-electron chi connectivity index (χ3n) is 2.21. The van der Waals surface area contributed by atoms with E-state index < -0.39 is 5.97 Å². The number of rotatable bonds is 2. The second-order valence-corrected chi connectivity index (χ2v) is 4.21. The summed E-state index contributed by atoms with van der Waals surface area (Å²) in [7, 11) is 0. The quantitative estimate of drug-likeness (QED) is 0.902. The molecule has 0 amide bonds. The van der Waals surface area contributed by atoms with Gasteiger partial charge in [-0.1, -0.05) is 35.3 Å². The lowest BCUT2D eigenvalue weighted by molar-refractivity contribution is 0.0697. The molecule has 5 heteroatoms. The fourth-order valence-electron chi connectivity index (χ4n) is 1.40. The Hall–Kier alpha value is -1.58. The van der Waals surface area contributed by atoms with Crippen LogP contribution in [0, 0.1) is 0 Å². The van der Waals surface area contributed by atoms with Crippen molar-refractivity contribution in [2.24, 2.45) is 0 Å². The number of nitrogens with zero attached hydrogens (tertiary/aromatic N) is 1. The van der Waals surface area contributed by atoms with Gasteiger partial charge in [0.25, 0.3) is 0 Å². The number of carbonyl (C=O) groups is 1. The van der Waals surface area contributed by atoms with E-state index in [0.717, 1.165) is 5.56 Å². The van der Waals surface area contributed by atoms with Crippen molar-refractivity contribution in [2.75, 3.05) is 0 Å². The highest BCUT2D eigenvalue weighted by Crippen LogP contribution is 2.27. The number of aromatic nitrogens is 1. The van der Waals surface area contributed by atoms with Crippen LogP contribution in [0.5, 0.6) is 0 Å². The van der Waals surface area contributed by atoms with Gasteiger partial charge in [0.05, 0.1) is 21.3 Å². The average Bonchev–Trinajstić information content (AvgIpc) is 2.29. The summed E-state index contributed by atoms with van der Waals surface area (Å²) in [5.74, 6) is -0.966. The molecule has 3 nitrogen and oxygen atoms in total. The molecule has 17 heavy (non-hydrogen) atoms. The Bertz CT molecular complexity index is 567. The van der Waals surface area contributed by atoms with Crippen LogP contribution in [0.15, 0.2) is 36.5 Å². The fraction of sp³-hybridized carbons (Fsp3) is 0. The Balaban J connectivity index is 2.43. The summed E-state index contributed by atoms with van der Waals surface area (Å²) in [4.78, 5) is 14.8. The van der Waals surface area contributed by atoms with Gasteiger partial charge >= 0.3 is 5.97 Å². The first-order valence-electron chi connectivity index (χ1n) is 4.72. The van der Waals surface area contributed by atoms with Gasteiger partial charge in [0, 0.05) is 11.8 Å². The predicted molar refractivity (Wildman–Crippen MR) is 66.7 cm³/mol. The van der Waals surface area contributed by atoms with Crippen LogP contribution in [-0.4, -0.2) is 16.1 Å². The molecule has 0 saturated heterocycles. The van der Waals surface area contributed by atoms with Crippen LogP contribution < -0.4 is 0 Å². The maximum absolute atomic E-state index is 10.7. The van der Waals surface area contributed by atoms with Crippen molar-refractivity contribution in [1.82, 2.24) is 4.98 Å². The summed E-state index contributed by atoms with van der Waals surface area (Å²) < 4.78 is 0. The van der Waals surface area contributed by atoms with Crippen molar-refractivity contribution in [2.45, 2.75) is 0 Å². The Kier molecular flexibility index (Phi) is 3.31. The second kappa shape index (κ2) is 4.73. The largest absolute Gasteiger partial charge is 0.478 e. The van der Waals surface area contributed by atoms with Crippen LogP contribution in [0.3, 0.4) is 0 Å². The Morgan fingerprint density at radius 2 is 1.82 bits per heavy atom. The highest BCUT2D eigenvalue weighted by Gasteiger charge is 2.07. The molecule has 86 valence electrons. The summed E-state index contributed by atoms with van der Waals surface area (Å²) in [6, 6.07) is 7.92. The maximum Gasteiger partial charge on any atom is 0.335 e. The van der Waals surface area contributed by atoms with E-state index in [0.29, 0.717) is 15.7 Å². The minimum atomic E-state index is -0.966. The van der Waals surface area contributed by atoms with Gasteiger partial charge in [0.1, 0.15) is 0 Å². The molecule has 1 heterocycles. The van der Waals surface area contributed by atoms with E-state index in [2.05, 4.69) is 4.98 Å². The third kappa shape index (κ3) is 2.57. The van der Waals surface area contributed by atoms with E-state index in [1.807, 2.05) is 0 Å². The van der Waals surface area contributed by atoms with Crippen molar-refractivity contribution >= 4 is 29.2 Å². The Labute approximate surface area is 108 Å². The molecule has 0 spiro atoms. The topological polar surface area (TPSA) is 50.2 Å². The normalized spacial score (nSPS) is 10.2. The zero-order chi connectivity index (χ0) is 12.4. The van der Waals surface area contributed by atoms with Gasteiger partial charge in [0.2, 0.25) is 0 Å². The summed E-state index contributed by atoms with van der Waals surface area (Å²) in [5, 5.41) is 9.67. The number of carboxylic acids is 1. The van der Waals surface area contributed by atoms with E-state index >= 15 is 0 Å². The molecule has 0 radical (unpaired) electrons. The molecule has 1 aromatic carbocycles. The molecule has 0 aliphatic heterocycles. The van der Waals surface area contributed by atoms with Crippen LogP contribution >= 0.6 is 23.2 Å². The first kappa shape index (κ1) is 11.9. The number of carboxylic acid groups (broad SMARTS) is 1. The first-order chi connectivity index (χ1) is 8.08. The van der Waals surface area contributed by atoms with Crippen molar-refractivity contribution in [3.63, 3.8) is 0 Å². The Morgan fingerprint density at radius 1 is 1.18 bits per heavy atom. The van der Waals surface area contributed by atoms with Gasteiger partial charge in [-0.15, -0.1) is 0 Å². The molecule has 0 fully saturated rings. The predicted octanol–water partition coefficient (Wildman–Crippen LogP) is 3.75. The summed E-state index contributed by atoms with van der Waals surface area (Å²) >= 11 is 11.7. The summed E-state index contributed by atoms with van der Waals surface area (Å²) in [6.07, 6.45) is 1.49. The highest BCUT2D eigenvalue weighted by molar-refractivity contribution is 6.36. The van der Waals surface area contributed by atoms with E-state index in [1.165, 1.54) is 18.3 Å². The van der Waals surface area contributed by atoms with E-state index in [9.17, 15) is 4.79 Å². The lowest BCUT2D eigenvalue weighted by Crippen LogP contribution is -1.95. The van der Waals surface area contributed by atoms with Crippen molar-refractivity contribution in [3.8, 4) is 11.3 Å². The lowest BCUT2D eigenvalue weighted by atomic mass is 10.1. The number of halogens is 2. The molecule has 0 aliphatic rings. The number of hydrogen-bond acceptors (Lipinski definition) is 2. The van der Waals surface area contributed by atoms with Gasteiger partial charge in [-0.05, 0) is 18.2 Å². The van der Waals surface area contributed by atoms with E-state index in [4.69, 9.17) is 28.3 Å². The number of pyridine rings is 1. The minimum Gasteiger partial charge on any atom is -0.478 e. The molecule has 1 aromatic heterocycles. The summed E-state index contributed by atoms with van der Waals surface area (Å²) in [6.45, 7) is 0. The van der Waals surface area contributed by atoms with Crippen LogP contribution in [0.2, 0.25) is 10.0 Å². The molecule has 0 unspecified atom stereocenters. The Morgan fingerprint density at radius 3 is 2.35 bits per heavy atom. The first-order valence-corrected chi connectivity index (χ1v) is 5.48. The van der Waals surface area contributed by atoms with Crippen molar-refractivity contribution in [1.29, 1.82) is 0 Å². The number of benzene rings is 1. The summed E-state index contributed by atoms with van der Waals surface area (Å²) in [5.41, 5.74) is 1.54. The fourth-order valence-corrected chi connectivity index (χ4v) is 1.89. The highest BCUT2D eigenvalue weighted by atomic mass is 35.5. The molecular weight excluding hydrogens is 261 g/mol. The standard InChI is InChI=1S/C12H7Cl2NO2/c13-9-5-10(14)11(15-6-9)7-1-3-8(4-2-7)12(16)17/h1-6H,(H,16,17). The SMILES string of the molecule is O=C(O)c1ccc(-c2ncc(Cl)cc2Cl)cc1. The molecular formula is C12H7Cl2NO2. The smallest absolute Gasteiger partial charge is 0.335 e. The van der Waals surface area contributed by atoms with E-state index in [-0.39, 0.29) is 5.56 Å². The second-order valence-electron chi connectivity index (χ2n) is 3.37. The van der Waals surface area contributed by atoms with Crippen molar-refractivity contribution in [3.05, 3.63) is 52.1 Å². The molecule has 0 atom stereocenters. The monoisotopic (exact) mass is 267 g/mol. The van der Waals surface area contributed by atoms with Crippen LogP contribution in [0.1, 0.15) is 10.4 Å². The van der Waals surface area contributed by atoms with Crippen LogP contribution in [-0.2, 0) is 0 Å². The molecule has 0 bridgehead atoms. The third-order valence-corrected chi connectivity index (χ3v) is 2.71. The zero-order valence-corrected chi connectivity index (χ0v) is 10.0. The average molecular weight is 268 g/mol. The van der Waals surface area contributed by atoms with E-state index in [1.54, 1.807) is 18.2 Å². The molecule has 0 aliphatic carbocycles. The van der Waals surface area contributed by atoms with Crippen LogP contribution in [0.25, 0.3) is 11.3 Å². The van der Waals surface area contributed by atoms with Gasteiger partial charge in [-0.3, -0.25) is 4.98 Å². The van der Waals surface area contributed by atoms with Gasteiger partial charge < -0.3 is 5.11 Å². The van der Waals surface area contributed by atoms with Gasteiger partial charge in [-0.25, -0.2) is 4.79 Å². The molecule has 1 N–H and O–H groups in total. The maximum atomic E-state index is 10.7. The molecule has 0 saturated carbocycles. The molecule has 2 rings (SSSR count). The zero-order valence-electron chi connectivity index (χ0n) is 8.52. The van der Waals surface area contributed by atoms with Crippen LogP contribution in [0.4, 0.5) is 0 Å².